The second-order valence-corrected chi connectivity index (χ2v) is 8.61. The van der Waals surface area contributed by atoms with Crippen LogP contribution in [0.15, 0.2) is 68.6 Å². The summed E-state index contributed by atoms with van der Waals surface area (Å²) in [6.45, 7) is 0. The summed E-state index contributed by atoms with van der Waals surface area (Å²) in [6.07, 6.45) is 0. The highest BCUT2D eigenvalue weighted by Crippen LogP contribution is 2.37. The van der Waals surface area contributed by atoms with Crippen molar-refractivity contribution in [1.82, 2.24) is 14.9 Å². The van der Waals surface area contributed by atoms with Crippen molar-refractivity contribution in [1.29, 1.82) is 0 Å². The first kappa shape index (κ1) is 17.7. The number of nitrogen functional groups attached to an aromatic ring is 1. The topological polar surface area (TPSA) is 107 Å². The summed E-state index contributed by atoms with van der Waals surface area (Å²) in [6, 6.07) is 16.2. The van der Waals surface area contributed by atoms with E-state index in [1.54, 1.807) is 23.5 Å². The molecular formula is C20H12N4O3S2. The molecule has 0 radical (unpaired) electrons. The van der Waals surface area contributed by atoms with E-state index in [1.165, 1.54) is 16.3 Å². The quantitative estimate of drug-likeness (QED) is 0.493. The number of hydrogen-bond donors (Lipinski definition) is 2. The van der Waals surface area contributed by atoms with E-state index in [4.69, 9.17) is 5.73 Å². The predicted octanol–water partition coefficient (Wildman–Crippen LogP) is 3.06. The number of pyridine rings is 1. The molecule has 1 aliphatic heterocycles. The summed E-state index contributed by atoms with van der Waals surface area (Å²) in [7, 11) is 0. The van der Waals surface area contributed by atoms with E-state index in [9.17, 15) is 14.4 Å². The first-order valence-corrected chi connectivity index (χ1v) is 10.2. The minimum Gasteiger partial charge on any atom is -0.384 e. The molecule has 0 fully saturated rings. The Morgan fingerprint density at radius 1 is 1.00 bits per heavy atom. The number of nitrogens with two attached hydrogens (primary N) is 1. The van der Waals surface area contributed by atoms with Gasteiger partial charge in [0.05, 0.1) is 27.0 Å². The molecule has 0 saturated heterocycles. The number of carbonyl (C=O) groups is 2. The van der Waals surface area contributed by atoms with Crippen LogP contribution in [-0.2, 0) is 0 Å². The average molecular weight is 420 g/mol. The largest absolute Gasteiger partial charge is 0.384 e. The molecule has 0 spiro atoms. The normalized spacial score (nSPS) is 13.0. The fourth-order valence-electron chi connectivity index (χ4n) is 3.24. The van der Waals surface area contributed by atoms with Crippen LogP contribution in [0.4, 0.5) is 5.82 Å². The van der Waals surface area contributed by atoms with Crippen LogP contribution in [-0.4, -0.2) is 21.4 Å². The lowest BCUT2D eigenvalue weighted by molar-refractivity contribution is 0.0880. The average Bonchev–Trinajstić information content (AvgIpc) is 3.23. The molecule has 2 aromatic carbocycles. The van der Waals surface area contributed by atoms with Gasteiger partial charge in [-0.2, -0.15) is 0 Å². The molecule has 9 heteroatoms. The molecule has 7 nitrogen and oxygen atoms in total. The van der Waals surface area contributed by atoms with E-state index in [-0.39, 0.29) is 16.9 Å². The first-order chi connectivity index (χ1) is 14.0. The Morgan fingerprint density at radius 3 is 2.59 bits per heavy atom. The third kappa shape index (κ3) is 2.82. The number of imide groups is 1. The molecule has 3 heterocycles. The van der Waals surface area contributed by atoms with Crippen LogP contribution in [0.5, 0.6) is 0 Å². The predicted molar refractivity (Wildman–Crippen MR) is 112 cm³/mol. The molecule has 1 aliphatic rings. The van der Waals surface area contributed by atoms with E-state index in [0.29, 0.717) is 5.69 Å². The SMILES string of the molecule is Nc1c2c(cc(=O)n1-c1ccccc1Sc1nc3ccccc3s1)C(=O)NC2=O. The summed E-state index contributed by atoms with van der Waals surface area (Å²) < 4.78 is 3.14. The summed E-state index contributed by atoms with van der Waals surface area (Å²) in [5, 5.41) is 2.17. The van der Waals surface area contributed by atoms with Gasteiger partial charge < -0.3 is 5.73 Å². The van der Waals surface area contributed by atoms with Crippen molar-refractivity contribution in [2.45, 2.75) is 9.24 Å². The van der Waals surface area contributed by atoms with E-state index in [0.717, 1.165) is 25.5 Å². The van der Waals surface area contributed by atoms with E-state index >= 15 is 0 Å². The zero-order valence-corrected chi connectivity index (χ0v) is 16.3. The molecule has 0 aliphatic carbocycles. The molecule has 3 N–H and O–H groups in total. The number of thiazole rings is 1. The Labute approximate surface area is 172 Å². The number of aromatic nitrogens is 2. The maximum absolute atomic E-state index is 12.8. The van der Waals surface area contributed by atoms with Gasteiger partial charge in [0.15, 0.2) is 4.34 Å². The maximum Gasteiger partial charge on any atom is 0.262 e. The van der Waals surface area contributed by atoms with Crippen LogP contribution >= 0.6 is 23.1 Å². The Bertz CT molecular complexity index is 1360. The van der Waals surface area contributed by atoms with Gasteiger partial charge in [-0.3, -0.25) is 24.3 Å². The zero-order chi connectivity index (χ0) is 20.1. The van der Waals surface area contributed by atoms with Gasteiger partial charge in [-0.1, -0.05) is 36.0 Å². The maximum atomic E-state index is 12.8. The molecule has 4 aromatic rings. The molecule has 0 unspecified atom stereocenters. The first-order valence-electron chi connectivity index (χ1n) is 8.57. The van der Waals surface area contributed by atoms with Crippen LogP contribution in [0.3, 0.4) is 0 Å². The molecule has 2 aromatic heterocycles. The van der Waals surface area contributed by atoms with Gasteiger partial charge in [0, 0.05) is 11.0 Å². The summed E-state index contributed by atoms with van der Waals surface area (Å²) in [4.78, 5) is 42.1. The van der Waals surface area contributed by atoms with Crippen LogP contribution in [0, 0.1) is 0 Å². The second-order valence-electron chi connectivity index (χ2n) is 6.29. The fourth-order valence-corrected chi connectivity index (χ4v) is 5.39. The van der Waals surface area contributed by atoms with Crippen LogP contribution in [0.2, 0.25) is 0 Å². The summed E-state index contributed by atoms with van der Waals surface area (Å²) >= 11 is 2.96. The van der Waals surface area contributed by atoms with Gasteiger partial charge in [-0.25, -0.2) is 4.98 Å². The number of carbonyl (C=O) groups excluding carboxylic acids is 2. The number of rotatable bonds is 3. The van der Waals surface area contributed by atoms with Gasteiger partial charge in [0.1, 0.15) is 5.82 Å². The monoisotopic (exact) mass is 420 g/mol. The van der Waals surface area contributed by atoms with Crippen LogP contribution in [0.1, 0.15) is 20.7 Å². The number of hydrogen-bond acceptors (Lipinski definition) is 7. The standard InChI is InChI=1S/C20H12N4O3S2/c21-17-16-10(18(26)23-19(16)27)9-15(25)24(17)12-6-2-4-8-14(12)29-20-22-11-5-1-3-7-13(11)28-20/h1-9H,21H2,(H,23,26,27). The fraction of sp³-hybridized carbons (Fsp3) is 0. The number of amides is 2. The number of nitrogens with one attached hydrogen (secondary N) is 1. The van der Waals surface area contributed by atoms with E-state index in [1.807, 2.05) is 36.4 Å². The molecule has 142 valence electrons. The number of nitrogens with zero attached hydrogens (tertiary/aromatic N) is 2. The highest BCUT2D eigenvalue weighted by atomic mass is 32.2. The molecule has 0 atom stereocenters. The second kappa shape index (κ2) is 6.57. The molecular weight excluding hydrogens is 408 g/mol. The summed E-state index contributed by atoms with van der Waals surface area (Å²) in [5.74, 6) is -1.28. The Morgan fingerprint density at radius 2 is 1.76 bits per heavy atom. The lowest BCUT2D eigenvalue weighted by Gasteiger charge is -2.14. The van der Waals surface area contributed by atoms with Crippen molar-refractivity contribution in [3.63, 3.8) is 0 Å². The van der Waals surface area contributed by atoms with Gasteiger partial charge in [0.25, 0.3) is 17.4 Å². The lowest BCUT2D eigenvalue weighted by atomic mass is 10.1. The van der Waals surface area contributed by atoms with Crippen molar-refractivity contribution in [2.75, 3.05) is 5.73 Å². The molecule has 29 heavy (non-hydrogen) atoms. The summed E-state index contributed by atoms with van der Waals surface area (Å²) in [5.41, 5.74) is 7.14. The van der Waals surface area contributed by atoms with Crippen molar-refractivity contribution < 1.29 is 9.59 Å². The molecule has 5 rings (SSSR count). The molecule has 0 bridgehead atoms. The minimum absolute atomic E-state index is 0.00468. The van der Waals surface area contributed by atoms with Crippen molar-refractivity contribution in [3.05, 3.63) is 76.1 Å². The van der Waals surface area contributed by atoms with Crippen molar-refractivity contribution in [2.24, 2.45) is 0 Å². The molecule has 0 saturated carbocycles. The number of fused-ring (bicyclic) bond motifs is 2. The number of benzene rings is 2. The molecule has 2 amide bonds. The van der Waals surface area contributed by atoms with Crippen LogP contribution in [0.25, 0.3) is 15.9 Å². The number of anilines is 1. The number of para-hydroxylation sites is 2. The lowest BCUT2D eigenvalue weighted by Crippen LogP contribution is -2.24. The zero-order valence-electron chi connectivity index (χ0n) is 14.7. The van der Waals surface area contributed by atoms with Crippen molar-refractivity contribution >= 4 is 50.9 Å². The Balaban J connectivity index is 1.65. The Kier molecular flexibility index (Phi) is 4.00. The van der Waals surface area contributed by atoms with Gasteiger partial charge in [0.2, 0.25) is 0 Å². The smallest absolute Gasteiger partial charge is 0.262 e. The van der Waals surface area contributed by atoms with Crippen LogP contribution < -0.4 is 16.6 Å². The van der Waals surface area contributed by atoms with Gasteiger partial charge in [-0.05, 0) is 24.3 Å². The highest BCUT2D eigenvalue weighted by Gasteiger charge is 2.32. The van der Waals surface area contributed by atoms with Gasteiger partial charge >= 0.3 is 0 Å². The van der Waals surface area contributed by atoms with Gasteiger partial charge in [-0.15, -0.1) is 11.3 Å². The van der Waals surface area contributed by atoms with Crippen molar-refractivity contribution in [3.8, 4) is 5.69 Å². The minimum atomic E-state index is -0.613. The van der Waals surface area contributed by atoms with E-state index in [2.05, 4.69) is 10.3 Å². The van der Waals surface area contributed by atoms with E-state index < -0.39 is 17.4 Å². The highest BCUT2D eigenvalue weighted by molar-refractivity contribution is 8.01. The Hall–Kier alpha value is -3.43. The third-order valence-electron chi connectivity index (χ3n) is 4.53. The third-order valence-corrected chi connectivity index (χ3v) is 6.69.